The minimum atomic E-state index is -0.318. The predicted molar refractivity (Wildman–Crippen MR) is 81.5 cm³/mol. The summed E-state index contributed by atoms with van der Waals surface area (Å²) in [6, 6.07) is 13.6. The molecule has 0 fully saturated rings. The number of hydrogen-bond acceptors (Lipinski definition) is 5. The highest BCUT2D eigenvalue weighted by Gasteiger charge is 2.20. The standard InChI is InChI=1S/C14H10N2O2S2/c15-14-16-13(17)11(20-14)8-9-6-7-12(18-9)19-10-4-2-1-3-5-10/h1-8H,(H2,15,16,17)/b11-8+. The van der Waals surface area contributed by atoms with Crippen LogP contribution in [-0.4, -0.2) is 11.1 Å². The van der Waals surface area contributed by atoms with Crippen LogP contribution in [0.1, 0.15) is 5.76 Å². The third-order valence-corrected chi connectivity index (χ3v) is 4.22. The minimum Gasteiger partial charge on any atom is -0.450 e. The van der Waals surface area contributed by atoms with Gasteiger partial charge in [-0.2, -0.15) is 4.99 Å². The Hall–Kier alpha value is -1.92. The zero-order chi connectivity index (χ0) is 13.9. The van der Waals surface area contributed by atoms with Crippen molar-refractivity contribution in [3.05, 3.63) is 53.1 Å². The van der Waals surface area contributed by atoms with Gasteiger partial charge in [0.1, 0.15) is 5.76 Å². The van der Waals surface area contributed by atoms with E-state index >= 15 is 0 Å². The Kier molecular flexibility index (Phi) is 3.66. The molecule has 1 aliphatic rings. The third-order valence-electron chi connectivity index (χ3n) is 2.47. The highest BCUT2D eigenvalue weighted by atomic mass is 32.2. The Morgan fingerprint density at radius 3 is 2.70 bits per heavy atom. The van der Waals surface area contributed by atoms with E-state index in [1.54, 1.807) is 6.08 Å². The number of aliphatic imine (C=N–C) groups is 1. The van der Waals surface area contributed by atoms with Gasteiger partial charge in [-0.25, -0.2) is 0 Å². The Morgan fingerprint density at radius 2 is 2.00 bits per heavy atom. The Balaban J connectivity index is 1.75. The maximum Gasteiger partial charge on any atom is 0.286 e. The highest BCUT2D eigenvalue weighted by molar-refractivity contribution is 8.18. The molecule has 4 nitrogen and oxygen atoms in total. The van der Waals surface area contributed by atoms with E-state index in [4.69, 9.17) is 10.2 Å². The van der Waals surface area contributed by atoms with Crippen molar-refractivity contribution in [2.75, 3.05) is 0 Å². The van der Waals surface area contributed by atoms with Crippen LogP contribution < -0.4 is 5.73 Å². The van der Waals surface area contributed by atoms with Crippen molar-refractivity contribution in [2.24, 2.45) is 10.7 Å². The van der Waals surface area contributed by atoms with E-state index < -0.39 is 0 Å². The van der Waals surface area contributed by atoms with Crippen LogP contribution >= 0.6 is 23.5 Å². The first kappa shape index (κ1) is 13.1. The topological polar surface area (TPSA) is 68.6 Å². The first-order valence-corrected chi connectivity index (χ1v) is 7.45. The molecule has 1 aromatic heterocycles. The molecule has 0 bridgehead atoms. The molecule has 2 aromatic rings. The highest BCUT2D eigenvalue weighted by Crippen LogP contribution is 2.31. The average molecular weight is 302 g/mol. The number of rotatable bonds is 3. The minimum absolute atomic E-state index is 0.270. The van der Waals surface area contributed by atoms with Gasteiger partial charge < -0.3 is 10.2 Å². The number of benzene rings is 1. The summed E-state index contributed by atoms with van der Waals surface area (Å²) in [5, 5.41) is 1.04. The molecule has 0 atom stereocenters. The molecule has 1 aliphatic heterocycles. The van der Waals surface area contributed by atoms with Crippen molar-refractivity contribution in [1.82, 2.24) is 0 Å². The lowest BCUT2D eigenvalue weighted by Gasteiger charge is -1.96. The van der Waals surface area contributed by atoms with Crippen molar-refractivity contribution < 1.29 is 9.21 Å². The number of amidine groups is 1. The second-order valence-corrected chi connectivity index (χ2v) is 6.08. The van der Waals surface area contributed by atoms with Gasteiger partial charge in [0, 0.05) is 11.0 Å². The van der Waals surface area contributed by atoms with Crippen molar-refractivity contribution in [1.29, 1.82) is 0 Å². The van der Waals surface area contributed by atoms with E-state index in [1.807, 2.05) is 42.5 Å². The lowest BCUT2D eigenvalue weighted by atomic mass is 10.4. The molecular weight excluding hydrogens is 292 g/mol. The summed E-state index contributed by atoms with van der Waals surface area (Å²) in [5.41, 5.74) is 5.49. The molecule has 1 amide bonds. The van der Waals surface area contributed by atoms with Gasteiger partial charge in [-0.3, -0.25) is 4.79 Å². The number of carbonyl (C=O) groups excluding carboxylic acids is 1. The van der Waals surface area contributed by atoms with Gasteiger partial charge in [0.2, 0.25) is 0 Å². The number of nitrogens with two attached hydrogens (primary N) is 1. The maximum absolute atomic E-state index is 11.5. The lowest BCUT2D eigenvalue weighted by Crippen LogP contribution is -2.01. The van der Waals surface area contributed by atoms with Crippen molar-refractivity contribution in [2.45, 2.75) is 9.99 Å². The van der Waals surface area contributed by atoms with Gasteiger partial charge in [-0.1, -0.05) is 30.0 Å². The molecule has 0 saturated heterocycles. The van der Waals surface area contributed by atoms with E-state index in [0.29, 0.717) is 10.7 Å². The molecule has 2 heterocycles. The molecule has 100 valence electrons. The van der Waals surface area contributed by atoms with Gasteiger partial charge in [0.05, 0.1) is 4.91 Å². The Bertz CT molecular complexity index is 705. The first-order valence-electron chi connectivity index (χ1n) is 5.81. The van der Waals surface area contributed by atoms with E-state index in [-0.39, 0.29) is 11.1 Å². The van der Waals surface area contributed by atoms with Crippen molar-refractivity contribution in [3.63, 3.8) is 0 Å². The second-order valence-electron chi connectivity index (χ2n) is 3.94. The first-order chi connectivity index (χ1) is 9.70. The lowest BCUT2D eigenvalue weighted by molar-refractivity contribution is -0.113. The average Bonchev–Trinajstić information content (AvgIpc) is 2.98. The Morgan fingerprint density at radius 1 is 1.20 bits per heavy atom. The normalized spacial score (nSPS) is 16.7. The largest absolute Gasteiger partial charge is 0.450 e. The van der Waals surface area contributed by atoms with Crippen LogP contribution in [-0.2, 0) is 4.79 Å². The van der Waals surface area contributed by atoms with Crippen LogP contribution in [0.5, 0.6) is 0 Å². The molecule has 20 heavy (non-hydrogen) atoms. The molecule has 1 aromatic carbocycles. The summed E-state index contributed by atoms with van der Waals surface area (Å²) in [6.07, 6.45) is 1.66. The fraction of sp³-hybridized carbons (Fsp3) is 0. The number of hydrogen-bond donors (Lipinski definition) is 1. The number of amides is 1. The van der Waals surface area contributed by atoms with Crippen LogP contribution in [0.15, 0.2) is 66.8 Å². The van der Waals surface area contributed by atoms with Crippen molar-refractivity contribution in [3.8, 4) is 0 Å². The molecule has 2 N–H and O–H groups in total. The van der Waals surface area contributed by atoms with Gasteiger partial charge in [-0.05, 0) is 36.0 Å². The van der Waals surface area contributed by atoms with E-state index in [2.05, 4.69) is 4.99 Å². The SMILES string of the molecule is NC1=NC(=O)/C(=C\c2ccc(Sc3ccccc3)o2)S1. The predicted octanol–water partition coefficient (Wildman–Crippen LogP) is 3.36. The molecular formula is C14H10N2O2S2. The molecule has 0 radical (unpaired) electrons. The fourth-order valence-electron chi connectivity index (χ4n) is 1.63. The smallest absolute Gasteiger partial charge is 0.286 e. The number of thioether (sulfide) groups is 1. The fourth-order valence-corrected chi connectivity index (χ4v) is 3.09. The van der Waals surface area contributed by atoms with E-state index in [1.165, 1.54) is 11.8 Å². The second kappa shape index (κ2) is 5.60. The van der Waals surface area contributed by atoms with Crippen molar-refractivity contribution >= 4 is 40.7 Å². The summed E-state index contributed by atoms with van der Waals surface area (Å²) in [5.74, 6) is 0.297. The summed E-state index contributed by atoms with van der Waals surface area (Å²) < 4.78 is 5.66. The molecule has 0 aliphatic carbocycles. The zero-order valence-electron chi connectivity index (χ0n) is 10.3. The van der Waals surface area contributed by atoms with Crippen LogP contribution in [0.3, 0.4) is 0 Å². The van der Waals surface area contributed by atoms with Crippen LogP contribution in [0.4, 0.5) is 0 Å². The Labute approximate surface area is 124 Å². The van der Waals surface area contributed by atoms with Gasteiger partial charge in [0.15, 0.2) is 10.3 Å². The van der Waals surface area contributed by atoms with E-state index in [9.17, 15) is 4.79 Å². The van der Waals surface area contributed by atoms with Crippen LogP contribution in [0.2, 0.25) is 0 Å². The van der Waals surface area contributed by atoms with Gasteiger partial charge in [-0.15, -0.1) is 0 Å². The number of nitrogens with zero attached hydrogens (tertiary/aromatic N) is 1. The monoisotopic (exact) mass is 302 g/mol. The molecule has 3 rings (SSSR count). The van der Waals surface area contributed by atoms with Crippen LogP contribution in [0.25, 0.3) is 6.08 Å². The summed E-state index contributed by atoms with van der Waals surface area (Å²) in [6.45, 7) is 0. The van der Waals surface area contributed by atoms with E-state index in [0.717, 1.165) is 21.7 Å². The maximum atomic E-state index is 11.5. The molecule has 0 unspecified atom stereocenters. The summed E-state index contributed by atoms with van der Waals surface area (Å²) >= 11 is 2.68. The van der Waals surface area contributed by atoms with Gasteiger partial charge in [0.25, 0.3) is 5.91 Å². The number of furan rings is 1. The molecule has 0 spiro atoms. The third kappa shape index (κ3) is 2.97. The van der Waals surface area contributed by atoms with Gasteiger partial charge >= 0.3 is 0 Å². The zero-order valence-corrected chi connectivity index (χ0v) is 11.9. The quantitative estimate of drug-likeness (QED) is 0.880. The summed E-state index contributed by atoms with van der Waals surface area (Å²) in [7, 11) is 0. The summed E-state index contributed by atoms with van der Waals surface area (Å²) in [4.78, 5) is 16.7. The number of carbonyl (C=O) groups is 1. The molecule has 6 heteroatoms. The molecule has 0 saturated carbocycles. The van der Waals surface area contributed by atoms with Crippen LogP contribution in [0, 0.1) is 0 Å².